The van der Waals surface area contributed by atoms with Gasteiger partial charge in [-0.25, -0.2) is 13.2 Å². The van der Waals surface area contributed by atoms with Crippen LogP contribution in [0.2, 0.25) is 0 Å². The van der Waals surface area contributed by atoms with Crippen LogP contribution in [0.5, 0.6) is 0 Å². The number of benzene rings is 3. The summed E-state index contributed by atoms with van der Waals surface area (Å²) in [5.74, 6) is -1.05. The molecule has 3 aromatic rings. The fourth-order valence-electron chi connectivity index (χ4n) is 3.63. The molecule has 0 aliphatic heterocycles. The maximum atomic E-state index is 13.8. The minimum Gasteiger partial charge on any atom is -0.465 e. The van der Waals surface area contributed by atoms with Crippen molar-refractivity contribution in [2.45, 2.75) is 37.2 Å². The molecule has 7 nitrogen and oxygen atoms in total. The van der Waals surface area contributed by atoms with E-state index < -0.39 is 27.9 Å². The van der Waals surface area contributed by atoms with Crippen molar-refractivity contribution < 1.29 is 22.7 Å². The highest BCUT2D eigenvalue weighted by Gasteiger charge is 2.36. The SMILES string of the molecule is COC(=O)c1ccc(CN([C@@H](C(N)=O)c2ccccc2)S(=O)(=O)c2ccc(C(C)C)cc2)cc1. The number of hydrogen-bond acceptors (Lipinski definition) is 5. The Kier molecular flexibility index (Phi) is 7.86. The molecule has 34 heavy (non-hydrogen) atoms. The molecular formula is C26H28N2O5S. The average Bonchev–Trinajstić information content (AvgIpc) is 2.84. The third-order valence-electron chi connectivity index (χ3n) is 5.54. The predicted molar refractivity (Wildman–Crippen MR) is 129 cm³/mol. The monoisotopic (exact) mass is 480 g/mol. The molecule has 1 amide bonds. The number of carbonyl (C=O) groups excluding carboxylic acids is 2. The van der Waals surface area contributed by atoms with E-state index in [2.05, 4.69) is 0 Å². The van der Waals surface area contributed by atoms with Crippen LogP contribution in [-0.4, -0.2) is 31.7 Å². The van der Waals surface area contributed by atoms with Gasteiger partial charge in [-0.3, -0.25) is 4.79 Å². The van der Waals surface area contributed by atoms with Gasteiger partial charge in [0.15, 0.2) is 0 Å². The molecule has 0 aliphatic carbocycles. The predicted octanol–water partition coefficient (Wildman–Crippen LogP) is 4.01. The number of ether oxygens (including phenoxy) is 1. The normalized spacial score (nSPS) is 12.5. The Morgan fingerprint density at radius 2 is 1.47 bits per heavy atom. The van der Waals surface area contributed by atoms with Crippen LogP contribution in [0.3, 0.4) is 0 Å². The molecule has 0 spiro atoms. The van der Waals surface area contributed by atoms with Crippen LogP contribution in [0.25, 0.3) is 0 Å². The number of amides is 1. The topological polar surface area (TPSA) is 107 Å². The van der Waals surface area contributed by atoms with E-state index in [1.807, 2.05) is 13.8 Å². The lowest BCUT2D eigenvalue weighted by atomic mass is 10.0. The van der Waals surface area contributed by atoms with E-state index in [1.165, 1.54) is 7.11 Å². The zero-order chi connectivity index (χ0) is 24.9. The summed E-state index contributed by atoms with van der Waals surface area (Å²) in [6.45, 7) is 3.91. The van der Waals surface area contributed by atoms with E-state index in [0.29, 0.717) is 16.7 Å². The highest BCUT2D eigenvalue weighted by atomic mass is 32.2. The number of methoxy groups -OCH3 is 1. The fourth-order valence-corrected chi connectivity index (χ4v) is 5.20. The van der Waals surface area contributed by atoms with Gasteiger partial charge in [0, 0.05) is 6.54 Å². The highest BCUT2D eigenvalue weighted by Crippen LogP contribution is 2.30. The molecule has 0 unspecified atom stereocenters. The summed E-state index contributed by atoms with van der Waals surface area (Å²) in [4.78, 5) is 24.4. The van der Waals surface area contributed by atoms with Crippen molar-refractivity contribution in [1.29, 1.82) is 0 Å². The van der Waals surface area contributed by atoms with Gasteiger partial charge in [0.1, 0.15) is 6.04 Å². The fraction of sp³-hybridized carbons (Fsp3) is 0.231. The number of rotatable bonds is 9. The van der Waals surface area contributed by atoms with E-state index in [-0.39, 0.29) is 17.4 Å². The van der Waals surface area contributed by atoms with Crippen molar-refractivity contribution in [3.8, 4) is 0 Å². The highest BCUT2D eigenvalue weighted by molar-refractivity contribution is 7.89. The smallest absolute Gasteiger partial charge is 0.337 e. The average molecular weight is 481 g/mol. The zero-order valence-electron chi connectivity index (χ0n) is 19.3. The minimum atomic E-state index is -4.12. The van der Waals surface area contributed by atoms with E-state index in [1.54, 1.807) is 78.9 Å². The largest absolute Gasteiger partial charge is 0.465 e. The van der Waals surface area contributed by atoms with Gasteiger partial charge in [-0.1, -0.05) is 68.4 Å². The third-order valence-corrected chi connectivity index (χ3v) is 7.36. The number of primary amides is 1. The van der Waals surface area contributed by atoms with Crippen molar-refractivity contribution in [3.05, 3.63) is 101 Å². The molecule has 0 radical (unpaired) electrons. The Balaban J connectivity index is 2.09. The van der Waals surface area contributed by atoms with Crippen molar-refractivity contribution >= 4 is 21.9 Å². The summed E-state index contributed by atoms with van der Waals surface area (Å²) in [5.41, 5.74) is 8.11. The maximum absolute atomic E-state index is 13.8. The lowest BCUT2D eigenvalue weighted by molar-refractivity contribution is -0.122. The van der Waals surface area contributed by atoms with E-state index in [4.69, 9.17) is 10.5 Å². The number of nitrogens with zero attached hydrogens (tertiary/aromatic N) is 1. The first-order chi connectivity index (χ1) is 16.1. The van der Waals surface area contributed by atoms with Crippen molar-refractivity contribution in [1.82, 2.24) is 4.31 Å². The second kappa shape index (κ2) is 10.6. The molecule has 0 saturated heterocycles. The van der Waals surface area contributed by atoms with Gasteiger partial charge in [0.2, 0.25) is 15.9 Å². The number of nitrogens with two attached hydrogens (primary N) is 1. The van der Waals surface area contributed by atoms with E-state index in [0.717, 1.165) is 9.87 Å². The lowest BCUT2D eigenvalue weighted by Gasteiger charge is -2.29. The molecule has 0 bridgehead atoms. The molecule has 3 aromatic carbocycles. The molecule has 0 aromatic heterocycles. The van der Waals surface area contributed by atoms with Gasteiger partial charge in [-0.15, -0.1) is 0 Å². The second-order valence-electron chi connectivity index (χ2n) is 8.18. The van der Waals surface area contributed by atoms with Crippen LogP contribution < -0.4 is 5.73 Å². The van der Waals surface area contributed by atoms with Crippen molar-refractivity contribution in [2.75, 3.05) is 7.11 Å². The summed E-state index contributed by atoms with van der Waals surface area (Å²) >= 11 is 0. The Hall–Kier alpha value is -3.49. The van der Waals surface area contributed by atoms with Gasteiger partial charge >= 0.3 is 5.97 Å². The summed E-state index contributed by atoms with van der Waals surface area (Å²) in [6.07, 6.45) is 0. The zero-order valence-corrected chi connectivity index (χ0v) is 20.2. The molecule has 1 atom stereocenters. The first-order valence-corrected chi connectivity index (χ1v) is 12.2. The maximum Gasteiger partial charge on any atom is 0.337 e. The van der Waals surface area contributed by atoms with Crippen LogP contribution >= 0.6 is 0 Å². The molecule has 3 rings (SSSR count). The Labute approximate surface area is 200 Å². The van der Waals surface area contributed by atoms with Gasteiger partial charge in [0.05, 0.1) is 17.6 Å². The Bertz CT molecular complexity index is 1240. The summed E-state index contributed by atoms with van der Waals surface area (Å²) in [5, 5.41) is 0. The van der Waals surface area contributed by atoms with Crippen molar-refractivity contribution in [2.24, 2.45) is 5.73 Å². The number of sulfonamides is 1. The van der Waals surface area contributed by atoms with Crippen LogP contribution in [0.15, 0.2) is 83.8 Å². The number of carbonyl (C=O) groups is 2. The number of hydrogen-bond donors (Lipinski definition) is 1. The first kappa shape index (κ1) is 25.1. The molecule has 0 saturated carbocycles. The molecule has 8 heteroatoms. The summed E-state index contributed by atoms with van der Waals surface area (Å²) in [6, 6.07) is 20.3. The molecule has 0 aliphatic rings. The van der Waals surface area contributed by atoms with Gasteiger partial charge in [-0.05, 0) is 46.9 Å². The van der Waals surface area contributed by atoms with E-state index in [9.17, 15) is 18.0 Å². The van der Waals surface area contributed by atoms with Gasteiger partial charge in [-0.2, -0.15) is 4.31 Å². The molecule has 0 fully saturated rings. The lowest BCUT2D eigenvalue weighted by Crippen LogP contribution is -2.41. The molecule has 0 heterocycles. The molecule has 2 N–H and O–H groups in total. The van der Waals surface area contributed by atoms with Gasteiger partial charge in [0.25, 0.3) is 0 Å². The summed E-state index contributed by atoms with van der Waals surface area (Å²) in [7, 11) is -2.84. The van der Waals surface area contributed by atoms with E-state index >= 15 is 0 Å². The quantitative estimate of drug-likeness (QED) is 0.466. The standard InChI is InChI=1S/C26H28N2O5S/c1-18(2)20-13-15-23(16-14-20)34(31,32)28(24(25(27)29)21-7-5-4-6-8-21)17-19-9-11-22(12-10-19)26(30)33-3/h4-16,18,24H,17H2,1-3H3,(H2,27,29)/t24-/m1/s1. The molecular weight excluding hydrogens is 452 g/mol. The molecule has 178 valence electrons. The van der Waals surface area contributed by atoms with Crippen molar-refractivity contribution in [3.63, 3.8) is 0 Å². The first-order valence-electron chi connectivity index (χ1n) is 10.8. The number of esters is 1. The van der Waals surface area contributed by atoms with Crippen LogP contribution in [0.1, 0.15) is 52.9 Å². The van der Waals surface area contributed by atoms with Crippen LogP contribution in [-0.2, 0) is 26.1 Å². The van der Waals surface area contributed by atoms with Crippen LogP contribution in [0.4, 0.5) is 0 Å². The Morgan fingerprint density at radius 3 is 1.97 bits per heavy atom. The Morgan fingerprint density at radius 1 is 0.882 bits per heavy atom. The second-order valence-corrected chi connectivity index (χ2v) is 10.1. The third kappa shape index (κ3) is 5.52. The minimum absolute atomic E-state index is 0.0604. The summed E-state index contributed by atoms with van der Waals surface area (Å²) < 4.78 is 33.4. The van der Waals surface area contributed by atoms with Gasteiger partial charge < -0.3 is 10.5 Å². The van der Waals surface area contributed by atoms with Crippen LogP contribution in [0, 0.1) is 0 Å².